The molecule has 56 valence electrons. The van der Waals surface area contributed by atoms with Crippen LogP contribution in [0.1, 0.15) is 12.8 Å². The normalized spacial score (nSPS) is 24.7. The first-order valence-electron chi connectivity index (χ1n) is 2.58. The predicted molar refractivity (Wildman–Crippen MR) is 32.3 cm³/mol. The Morgan fingerprint density at radius 2 is 2.44 bits per heavy atom. The van der Waals surface area contributed by atoms with Crippen molar-refractivity contribution in [2.75, 3.05) is 5.75 Å². The summed E-state index contributed by atoms with van der Waals surface area (Å²) in [6.07, 6.45) is 2.16. The van der Waals surface area contributed by atoms with Gasteiger partial charge in [0.2, 0.25) is 0 Å². The minimum absolute atomic E-state index is 0. The van der Waals surface area contributed by atoms with Gasteiger partial charge in [0.05, 0.1) is 0 Å². The van der Waals surface area contributed by atoms with Crippen LogP contribution < -0.4 is 0 Å². The van der Waals surface area contributed by atoms with Crippen molar-refractivity contribution >= 4 is 18.2 Å². The fourth-order valence-electron chi connectivity index (χ4n) is 0.695. The molecule has 1 aliphatic heterocycles. The summed E-state index contributed by atoms with van der Waals surface area (Å²) in [5, 5.41) is 0. The van der Waals surface area contributed by atoms with Gasteiger partial charge in [-0.25, -0.2) is 0 Å². The molecule has 0 spiro atoms. The zero-order valence-electron chi connectivity index (χ0n) is 4.72. The van der Waals surface area contributed by atoms with Crippen molar-refractivity contribution in [1.29, 1.82) is 0 Å². The van der Waals surface area contributed by atoms with E-state index in [2.05, 4.69) is 4.74 Å². The van der Waals surface area contributed by atoms with Gasteiger partial charge in [-0.1, -0.05) is 6.47 Å². The molecule has 0 amide bonds. The van der Waals surface area contributed by atoms with E-state index in [1.54, 1.807) is 11.8 Å². The van der Waals surface area contributed by atoms with E-state index in [1.165, 1.54) is 6.47 Å². The third kappa shape index (κ3) is 3.30. The second-order valence-corrected chi connectivity index (χ2v) is 2.91. The summed E-state index contributed by atoms with van der Waals surface area (Å²) in [6, 6.07) is 0. The Balaban J connectivity index is 0.000000640. The Labute approximate surface area is 74.2 Å². The van der Waals surface area contributed by atoms with Crippen LogP contribution in [0, 0.1) is 0 Å². The van der Waals surface area contributed by atoms with Crippen molar-refractivity contribution in [3.63, 3.8) is 0 Å². The van der Waals surface area contributed by atoms with Crippen molar-refractivity contribution in [3.05, 3.63) is 0 Å². The molecule has 0 aromatic carbocycles. The third-order valence-corrected chi connectivity index (χ3v) is 2.30. The Hall–Kier alpha value is 0.560. The Bertz CT molecular complexity index is 83.0. The van der Waals surface area contributed by atoms with Crippen LogP contribution in [-0.2, 0) is 31.9 Å². The summed E-state index contributed by atoms with van der Waals surface area (Å²) >= 11 is 1.68. The molecule has 1 rings (SSSR count). The summed E-state index contributed by atoms with van der Waals surface area (Å²) < 4.78 is 4.56. The summed E-state index contributed by atoms with van der Waals surface area (Å²) in [6.45, 7) is 1.44. The fourth-order valence-corrected chi connectivity index (χ4v) is 1.73. The van der Waals surface area contributed by atoms with Crippen molar-refractivity contribution in [2.24, 2.45) is 0 Å². The van der Waals surface area contributed by atoms with Crippen molar-refractivity contribution in [1.82, 2.24) is 0 Å². The van der Waals surface area contributed by atoms with E-state index in [-0.39, 0.29) is 27.8 Å². The smallest absolute Gasteiger partial charge is 0.644 e. The molecule has 2 nitrogen and oxygen atoms in total. The van der Waals surface area contributed by atoms with Crippen LogP contribution in [0.5, 0.6) is 0 Å². The molecule has 0 saturated carbocycles. The van der Waals surface area contributed by atoms with E-state index >= 15 is 0 Å². The largest absolute Gasteiger partial charge is 1.00 e. The number of hydrogen-bond acceptors (Lipinski definition) is 3. The van der Waals surface area contributed by atoms with Gasteiger partial charge in [0.25, 0.3) is 0 Å². The maximum atomic E-state index is 9.60. The zero-order chi connectivity index (χ0) is 5.82. The molecular formula is C5H7AuO2S. The summed E-state index contributed by atoms with van der Waals surface area (Å²) in [4.78, 5) is 9.60. The Kier molecular flexibility index (Phi) is 5.69. The van der Waals surface area contributed by atoms with Crippen LogP contribution in [0.25, 0.3) is 0 Å². The second-order valence-electron chi connectivity index (χ2n) is 1.64. The van der Waals surface area contributed by atoms with E-state index < -0.39 is 0 Å². The summed E-state index contributed by atoms with van der Waals surface area (Å²) in [5.41, 5.74) is 0.104. The van der Waals surface area contributed by atoms with E-state index in [0.717, 1.165) is 18.6 Å². The monoisotopic (exact) mass is 328 g/mol. The predicted octanol–water partition coefficient (Wildman–Crippen LogP) is 0.921. The van der Waals surface area contributed by atoms with Gasteiger partial charge in [0.15, 0.2) is 0 Å². The molecular weight excluding hydrogens is 321 g/mol. The van der Waals surface area contributed by atoms with Gasteiger partial charge >= 0.3 is 22.4 Å². The number of ether oxygens (including phenoxy) is 1. The number of thioether (sulfide) groups is 1. The summed E-state index contributed by atoms with van der Waals surface area (Å²) in [5.74, 6) is 1.12. The minimum Gasteiger partial charge on any atom is -0.644 e. The maximum absolute atomic E-state index is 9.60. The van der Waals surface area contributed by atoms with Gasteiger partial charge in [-0.15, -0.1) is 11.8 Å². The van der Waals surface area contributed by atoms with Crippen LogP contribution in [0.4, 0.5) is 0 Å². The van der Waals surface area contributed by atoms with Gasteiger partial charge in [-0.3, -0.25) is 0 Å². The average Bonchev–Trinajstić information content (AvgIpc) is 2.19. The van der Waals surface area contributed by atoms with E-state index in [1.807, 2.05) is 0 Å². The molecule has 0 radical (unpaired) electrons. The first kappa shape index (κ1) is 9.56. The van der Waals surface area contributed by atoms with E-state index in [4.69, 9.17) is 0 Å². The number of carbonyl (C=O) groups excluding carboxylic acids is 1. The van der Waals surface area contributed by atoms with Gasteiger partial charge in [-0.2, -0.15) is 0 Å². The molecule has 4 heteroatoms. The zero-order valence-corrected chi connectivity index (χ0v) is 7.71. The quantitative estimate of drug-likeness (QED) is 0.557. The van der Waals surface area contributed by atoms with E-state index in [0.29, 0.717) is 0 Å². The van der Waals surface area contributed by atoms with Crippen molar-refractivity contribution < 1.29 is 31.9 Å². The molecule has 9 heavy (non-hydrogen) atoms. The first-order valence-corrected chi connectivity index (χ1v) is 3.63. The van der Waals surface area contributed by atoms with Gasteiger partial charge in [-0.05, 0) is 18.6 Å². The van der Waals surface area contributed by atoms with Crippen LogP contribution in [0.15, 0.2) is 0 Å². The number of rotatable bonds is 2. The SMILES string of the molecule is O=[C-]OC1CCCS1.[Au+]. The van der Waals surface area contributed by atoms with Crippen molar-refractivity contribution in [2.45, 2.75) is 18.3 Å². The third-order valence-electron chi connectivity index (χ3n) is 1.07. The van der Waals surface area contributed by atoms with Crippen LogP contribution in [0.3, 0.4) is 0 Å². The van der Waals surface area contributed by atoms with Gasteiger partial charge < -0.3 is 9.53 Å². The van der Waals surface area contributed by atoms with Crippen LogP contribution >= 0.6 is 11.8 Å². The fraction of sp³-hybridized carbons (Fsp3) is 0.800. The maximum Gasteiger partial charge on any atom is 1.00 e. The standard InChI is InChI=1S/C5H7O2S.Au/c6-4-7-5-2-1-3-8-5;/h5H,1-3H2;/q-1;+1. The first-order chi connectivity index (χ1) is 3.93. The molecule has 0 aromatic heterocycles. The molecule has 1 aliphatic rings. The molecule has 1 saturated heterocycles. The molecule has 1 atom stereocenters. The minimum atomic E-state index is 0. The molecule has 0 N–H and O–H groups in total. The Morgan fingerprint density at radius 1 is 1.67 bits per heavy atom. The van der Waals surface area contributed by atoms with Crippen molar-refractivity contribution in [3.8, 4) is 0 Å². The average molecular weight is 328 g/mol. The Morgan fingerprint density at radius 3 is 2.89 bits per heavy atom. The molecule has 0 aliphatic carbocycles. The topological polar surface area (TPSA) is 26.3 Å². The molecule has 0 aromatic rings. The van der Waals surface area contributed by atoms with Crippen LogP contribution in [0.2, 0.25) is 0 Å². The molecule has 1 heterocycles. The second kappa shape index (κ2) is 5.35. The summed E-state index contributed by atoms with van der Waals surface area (Å²) in [7, 11) is 0. The van der Waals surface area contributed by atoms with Gasteiger partial charge in [0, 0.05) is 0 Å². The number of hydrogen-bond donors (Lipinski definition) is 0. The van der Waals surface area contributed by atoms with Crippen LogP contribution in [-0.4, -0.2) is 17.7 Å². The molecule has 0 bridgehead atoms. The van der Waals surface area contributed by atoms with E-state index in [9.17, 15) is 4.79 Å². The van der Waals surface area contributed by atoms with Gasteiger partial charge in [0.1, 0.15) is 5.44 Å². The molecule has 1 unspecified atom stereocenters. The molecule has 1 fully saturated rings.